The van der Waals surface area contributed by atoms with Gasteiger partial charge in [-0.05, 0) is 26.7 Å². The van der Waals surface area contributed by atoms with E-state index < -0.39 is 0 Å². The van der Waals surface area contributed by atoms with Crippen molar-refractivity contribution in [2.75, 3.05) is 0 Å². The number of nitrogens with one attached hydrogen (secondary N) is 1. The standard InChI is InChI=1S/C10H22N2/c1-7(2)10(6,8(3)11)9(4,5)12/h7,11H,12H2,1-6H3. The zero-order valence-electron chi connectivity index (χ0n) is 9.15. The maximum atomic E-state index is 7.75. The highest BCUT2D eigenvalue weighted by Crippen LogP contribution is 2.37. The molecule has 1 unspecified atom stereocenters. The van der Waals surface area contributed by atoms with E-state index >= 15 is 0 Å². The third-order valence-corrected chi connectivity index (χ3v) is 3.27. The first-order valence-electron chi connectivity index (χ1n) is 4.48. The molecule has 72 valence electrons. The summed E-state index contributed by atoms with van der Waals surface area (Å²) in [5.74, 6) is 0.398. The predicted molar refractivity (Wildman–Crippen MR) is 54.6 cm³/mol. The molecule has 0 heterocycles. The van der Waals surface area contributed by atoms with Crippen LogP contribution in [0.5, 0.6) is 0 Å². The second-order valence-corrected chi connectivity index (χ2v) is 4.70. The van der Waals surface area contributed by atoms with Crippen molar-refractivity contribution in [3.63, 3.8) is 0 Å². The molecule has 0 amide bonds. The average molecular weight is 170 g/mol. The first-order chi connectivity index (χ1) is 5.14. The monoisotopic (exact) mass is 170 g/mol. The molecule has 2 heteroatoms. The molecule has 0 aromatic carbocycles. The third-order valence-electron chi connectivity index (χ3n) is 3.27. The summed E-state index contributed by atoms with van der Waals surface area (Å²) in [5.41, 5.74) is 6.22. The lowest BCUT2D eigenvalue weighted by atomic mass is 9.63. The second-order valence-electron chi connectivity index (χ2n) is 4.70. The van der Waals surface area contributed by atoms with Gasteiger partial charge in [-0.15, -0.1) is 0 Å². The largest absolute Gasteiger partial charge is 0.325 e. The summed E-state index contributed by atoms with van der Waals surface area (Å²) in [5, 5.41) is 7.75. The lowest BCUT2D eigenvalue weighted by Gasteiger charge is -2.44. The van der Waals surface area contributed by atoms with Gasteiger partial charge in [0.1, 0.15) is 0 Å². The van der Waals surface area contributed by atoms with Crippen LogP contribution in [0.15, 0.2) is 0 Å². The number of hydrogen-bond acceptors (Lipinski definition) is 2. The topological polar surface area (TPSA) is 49.9 Å². The average Bonchev–Trinajstić information content (AvgIpc) is 1.82. The van der Waals surface area contributed by atoms with Crippen LogP contribution in [-0.2, 0) is 0 Å². The Bertz CT molecular complexity index is 177. The van der Waals surface area contributed by atoms with Gasteiger partial charge in [-0.3, -0.25) is 0 Å². The Morgan fingerprint density at radius 2 is 1.58 bits per heavy atom. The van der Waals surface area contributed by atoms with Crippen LogP contribution >= 0.6 is 0 Å². The maximum Gasteiger partial charge on any atom is 0.0246 e. The highest BCUT2D eigenvalue weighted by atomic mass is 14.8. The summed E-state index contributed by atoms with van der Waals surface area (Å²) in [6.07, 6.45) is 0. The van der Waals surface area contributed by atoms with Crippen LogP contribution in [0, 0.1) is 16.7 Å². The molecule has 0 aromatic heterocycles. The molecule has 0 saturated heterocycles. The third kappa shape index (κ3) is 1.69. The molecule has 0 aromatic rings. The molecule has 0 aliphatic rings. The van der Waals surface area contributed by atoms with Crippen molar-refractivity contribution in [2.24, 2.45) is 17.1 Å². The Labute approximate surface area is 76.0 Å². The summed E-state index contributed by atoms with van der Waals surface area (Å²) in [4.78, 5) is 0. The predicted octanol–water partition coefficient (Wildman–Crippen LogP) is 2.43. The minimum absolute atomic E-state index is 0.201. The van der Waals surface area contributed by atoms with Gasteiger partial charge in [0.05, 0.1) is 0 Å². The first kappa shape index (κ1) is 11.6. The second kappa shape index (κ2) is 3.17. The van der Waals surface area contributed by atoms with Crippen molar-refractivity contribution < 1.29 is 0 Å². The van der Waals surface area contributed by atoms with Gasteiger partial charge in [0.25, 0.3) is 0 Å². The van der Waals surface area contributed by atoms with Crippen LogP contribution in [0.1, 0.15) is 41.5 Å². The van der Waals surface area contributed by atoms with Crippen LogP contribution < -0.4 is 5.73 Å². The fourth-order valence-electron chi connectivity index (χ4n) is 1.66. The van der Waals surface area contributed by atoms with E-state index in [4.69, 9.17) is 11.1 Å². The van der Waals surface area contributed by atoms with Gasteiger partial charge < -0.3 is 11.1 Å². The minimum Gasteiger partial charge on any atom is -0.325 e. The van der Waals surface area contributed by atoms with Gasteiger partial charge in [-0.2, -0.15) is 0 Å². The Kier molecular flexibility index (Phi) is 3.07. The van der Waals surface area contributed by atoms with E-state index in [1.54, 1.807) is 0 Å². The Hall–Kier alpha value is -0.370. The Morgan fingerprint density at radius 3 is 1.58 bits per heavy atom. The van der Waals surface area contributed by atoms with Crippen molar-refractivity contribution in [3.05, 3.63) is 0 Å². The lowest BCUT2D eigenvalue weighted by Crippen LogP contribution is -2.55. The molecule has 3 N–H and O–H groups in total. The van der Waals surface area contributed by atoms with Gasteiger partial charge in [0.2, 0.25) is 0 Å². The van der Waals surface area contributed by atoms with Crippen LogP contribution in [-0.4, -0.2) is 11.3 Å². The normalized spacial score (nSPS) is 17.7. The lowest BCUT2D eigenvalue weighted by molar-refractivity contribution is 0.192. The zero-order chi connectivity index (χ0) is 10.2. The van der Waals surface area contributed by atoms with Crippen molar-refractivity contribution in [1.82, 2.24) is 0 Å². The molecule has 0 aliphatic heterocycles. The number of hydrogen-bond donors (Lipinski definition) is 2. The fraction of sp³-hybridized carbons (Fsp3) is 0.900. The summed E-state index contributed by atoms with van der Waals surface area (Å²) in [6.45, 7) is 12.1. The van der Waals surface area contributed by atoms with E-state index in [-0.39, 0.29) is 11.0 Å². The molecule has 1 atom stereocenters. The fourth-order valence-corrected chi connectivity index (χ4v) is 1.66. The van der Waals surface area contributed by atoms with Crippen molar-refractivity contribution in [3.8, 4) is 0 Å². The van der Waals surface area contributed by atoms with Crippen LogP contribution in [0.4, 0.5) is 0 Å². The van der Waals surface area contributed by atoms with Gasteiger partial charge in [0, 0.05) is 16.7 Å². The molecule has 0 aliphatic carbocycles. The molecule has 0 bridgehead atoms. The van der Waals surface area contributed by atoms with Gasteiger partial charge in [-0.1, -0.05) is 20.8 Å². The molecule has 0 fully saturated rings. The summed E-state index contributed by atoms with van der Waals surface area (Å²) in [7, 11) is 0. The molecule has 0 radical (unpaired) electrons. The molecule has 0 rings (SSSR count). The SMILES string of the molecule is CC(=N)C(C)(C(C)C)C(C)(C)N. The van der Waals surface area contributed by atoms with E-state index in [1.807, 2.05) is 20.8 Å². The van der Waals surface area contributed by atoms with Gasteiger partial charge >= 0.3 is 0 Å². The van der Waals surface area contributed by atoms with Crippen molar-refractivity contribution >= 4 is 5.71 Å². The summed E-state index contributed by atoms with van der Waals surface area (Å²) < 4.78 is 0. The quantitative estimate of drug-likeness (QED) is 0.628. The van der Waals surface area contributed by atoms with E-state index in [9.17, 15) is 0 Å². The molecule has 0 saturated carbocycles. The first-order valence-corrected chi connectivity index (χ1v) is 4.48. The molecule has 2 nitrogen and oxygen atoms in total. The van der Waals surface area contributed by atoms with Gasteiger partial charge in [-0.25, -0.2) is 0 Å². The molecule has 12 heavy (non-hydrogen) atoms. The van der Waals surface area contributed by atoms with Crippen LogP contribution in [0.3, 0.4) is 0 Å². The van der Waals surface area contributed by atoms with E-state index in [0.29, 0.717) is 11.6 Å². The Balaban J connectivity index is 5.02. The van der Waals surface area contributed by atoms with E-state index in [1.165, 1.54) is 0 Å². The highest BCUT2D eigenvalue weighted by molar-refractivity contribution is 5.86. The maximum absolute atomic E-state index is 7.75. The Morgan fingerprint density at radius 1 is 1.25 bits per heavy atom. The summed E-state index contributed by atoms with van der Waals surface area (Å²) >= 11 is 0. The number of nitrogens with two attached hydrogens (primary N) is 1. The van der Waals surface area contributed by atoms with Crippen molar-refractivity contribution in [1.29, 1.82) is 5.41 Å². The molecule has 0 spiro atoms. The minimum atomic E-state index is -0.326. The molecular weight excluding hydrogens is 148 g/mol. The van der Waals surface area contributed by atoms with E-state index in [2.05, 4.69) is 20.8 Å². The van der Waals surface area contributed by atoms with Crippen LogP contribution in [0.25, 0.3) is 0 Å². The van der Waals surface area contributed by atoms with Crippen molar-refractivity contribution in [2.45, 2.75) is 47.1 Å². The highest BCUT2D eigenvalue weighted by Gasteiger charge is 2.42. The smallest absolute Gasteiger partial charge is 0.0246 e. The zero-order valence-corrected chi connectivity index (χ0v) is 9.15. The van der Waals surface area contributed by atoms with E-state index in [0.717, 1.165) is 0 Å². The van der Waals surface area contributed by atoms with Crippen LogP contribution in [0.2, 0.25) is 0 Å². The van der Waals surface area contributed by atoms with Gasteiger partial charge in [0.15, 0.2) is 0 Å². The molecular formula is C10H22N2. The number of rotatable bonds is 3. The summed E-state index contributed by atoms with van der Waals surface area (Å²) in [6, 6.07) is 0.